The molecule has 1 atom stereocenters. The predicted molar refractivity (Wildman–Crippen MR) is 78.6 cm³/mol. The highest BCUT2D eigenvalue weighted by Crippen LogP contribution is 2.14. The Kier molecular flexibility index (Phi) is 4.66. The number of ketones is 1. The molecule has 0 aliphatic rings. The molecule has 1 amide bonds. The van der Waals surface area contributed by atoms with Crippen LogP contribution in [0.15, 0.2) is 60.7 Å². The standard InChI is InChI=1S/C17H17NO2/c1-13(14-8-4-2-5-9-14)17(20)18-12-16(19)15-10-6-3-7-11-15/h2-11,13H,12H2,1H3,(H,18,20). The number of carbonyl (C=O) groups is 2. The van der Waals surface area contributed by atoms with Crippen molar-refractivity contribution in [2.24, 2.45) is 0 Å². The zero-order valence-corrected chi connectivity index (χ0v) is 11.4. The highest BCUT2D eigenvalue weighted by atomic mass is 16.2. The van der Waals surface area contributed by atoms with Gasteiger partial charge in [-0.3, -0.25) is 9.59 Å². The van der Waals surface area contributed by atoms with Crippen LogP contribution in [0, 0.1) is 0 Å². The van der Waals surface area contributed by atoms with Gasteiger partial charge in [0.2, 0.25) is 5.91 Å². The highest BCUT2D eigenvalue weighted by molar-refractivity contribution is 5.99. The Balaban J connectivity index is 1.91. The van der Waals surface area contributed by atoms with E-state index in [0.717, 1.165) is 5.56 Å². The van der Waals surface area contributed by atoms with E-state index in [2.05, 4.69) is 5.32 Å². The summed E-state index contributed by atoms with van der Waals surface area (Å²) in [6, 6.07) is 18.5. The first-order valence-corrected chi connectivity index (χ1v) is 6.59. The van der Waals surface area contributed by atoms with Crippen molar-refractivity contribution in [2.75, 3.05) is 6.54 Å². The average Bonchev–Trinajstić information content (AvgIpc) is 2.53. The molecular formula is C17H17NO2. The first kappa shape index (κ1) is 14.0. The van der Waals surface area contributed by atoms with Gasteiger partial charge in [0.05, 0.1) is 12.5 Å². The summed E-state index contributed by atoms with van der Waals surface area (Å²) in [4.78, 5) is 23.9. The normalized spacial score (nSPS) is 11.7. The van der Waals surface area contributed by atoms with Crippen LogP contribution in [0.4, 0.5) is 0 Å². The van der Waals surface area contributed by atoms with Gasteiger partial charge in [-0.15, -0.1) is 0 Å². The fourth-order valence-corrected chi connectivity index (χ4v) is 1.94. The monoisotopic (exact) mass is 267 g/mol. The topological polar surface area (TPSA) is 46.2 Å². The van der Waals surface area contributed by atoms with E-state index in [9.17, 15) is 9.59 Å². The highest BCUT2D eigenvalue weighted by Gasteiger charge is 2.15. The molecule has 1 N–H and O–H groups in total. The van der Waals surface area contributed by atoms with Gasteiger partial charge >= 0.3 is 0 Å². The second-order valence-corrected chi connectivity index (χ2v) is 4.64. The minimum Gasteiger partial charge on any atom is -0.348 e. The van der Waals surface area contributed by atoms with Crippen LogP contribution in [0.25, 0.3) is 0 Å². The molecule has 2 aromatic carbocycles. The van der Waals surface area contributed by atoms with E-state index >= 15 is 0 Å². The summed E-state index contributed by atoms with van der Waals surface area (Å²) < 4.78 is 0. The van der Waals surface area contributed by atoms with E-state index in [0.29, 0.717) is 5.56 Å². The molecule has 0 saturated carbocycles. The van der Waals surface area contributed by atoms with Gasteiger partial charge < -0.3 is 5.32 Å². The first-order chi connectivity index (χ1) is 9.68. The molecule has 0 saturated heterocycles. The van der Waals surface area contributed by atoms with Gasteiger partial charge in [-0.25, -0.2) is 0 Å². The molecule has 0 aliphatic heterocycles. The van der Waals surface area contributed by atoms with E-state index in [1.165, 1.54) is 0 Å². The second kappa shape index (κ2) is 6.66. The minimum atomic E-state index is -0.264. The maximum Gasteiger partial charge on any atom is 0.227 e. The SMILES string of the molecule is CC(C(=O)NCC(=O)c1ccccc1)c1ccccc1. The molecule has 0 bridgehead atoms. The lowest BCUT2D eigenvalue weighted by Crippen LogP contribution is -2.32. The maximum absolute atomic E-state index is 12.0. The summed E-state index contributed by atoms with van der Waals surface area (Å²) >= 11 is 0. The number of benzene rings is 2. The number of hydrogen-bond donors (Lipinski definition) is 1. The third-order valence-electron chi connectivity index (χ3n) is 3.21. The third-order valence-corrected chi connectivity index (χ3v) is 3.21. The Bertz CT molecular complexity index is 578. The van der Waals surface area contributed by atoms with Gasteiger partial charge in [-0.05, 0) is 12.5 Å². The Morgan fingerprint density at radius 3 is 2.10 bits per heavy atom. The summed E-state index contributed by atoms with van der Waals surface area (Å²) in [6.07, 6.45) is 0. The quantitative estimate of drug-likeness (QED) is 0.847. The van der Waals surface area contributed by atoms with Crippen LogP contribution < -0.4 is 5.32 Å². The lowest BCUT2D eigenvalue weighted by atomic mass is 10.0. The van der Waals surface area contributed by atoms with Crippen molar-refractivity contribution in [2.45, 2.75) is 12.8 Å². The van der Waals surface area contributed by atoms with Gasteiger partial charge in [0.25, 0.3) is 0 Å². The van der Waals surface area contributed by atoms with E-state index in [1.54, 1.807) is 12.1 Å². The number of amides is 1. The van der Waals surface area contributed by atoms with Crippen molar-refractivity contribution in [1.82, 2.24) is 5.32 Å². The van der Waals surface area contributed by atoms with Crippen molar-refractivity contribution in [3.8, 4) is 0 Å². The summed E-state index contributed by atoms with van der Waals surface area (Å²) in [5.41, 5.74) is 1.55. The maximum atomic E-state index is 12.0. The van der Waals surface area contributed by atoms with Crippen molar-refractivity contribution in [3.63, 3.8) is 0 Å². The molecule has 0 spiro atoms. The average molecular weight is 267 g/mol. The molecule has 2 rings (SSSR count). The molecular weight excluding hydrogens is 250 g/mol. The summed E-state index contributed by atoms with van der Waals surface area (Å²) in [6.45, 7) is 1.86. The number of rotatable bonds is 5. The van der Waals surface area contributed by atoms with E-state index < -0.39 is 0 Å². The summed E-state index contributed by atoms with van der Waals surface area (Å²) in [7, 11) is 0. The largest absolute Gasteiger partial charge is 0.348 e. The van der Waals surface area contributed by atoms with Crippen LogP contribution in [-0.2, 0) is 4.79 Å². The van der Waals surface area contributed by atoms with Crippen LogP contribution in [0.3, 0.4) is 0 Å². The zero-order chi connectivity index (χ0) is 14.4. The molecule has 0 radical (unpaired) electrons. The van der Waals surface area contributed by atoms with Gasteiger partial charge in [-0.1, -0.05) is 60.7 Å². The number of carbonyl (C=O) groups excluding carboxylic acids is 2. The Hall–Kier alpha value is -2.42. The van der Waals surface area contributed by atoms with Crippen molar-refractivity contribution in [3.05, 3.63) is 71.8 Å². The molecule has 3 nitrogen and oxygen atoms in total. The molecule has 0 heterocycles. The minimum absolute atomic E-state index is 0.0278. The van der Waals surface area contributed by atoms with Crippen molar-refractivity contribution < 1.29 is 9.59 Å². The van der Waals surface area contributed by atoms with Crippen molar-refractivity contribution in [1.29, 1.82) is 0 Å². The fourth-order valence-electron chi connectivity index (χ4n) is 1.94. The molecule has 0 aromatic heterocycles. The van der Waals surface area contributed by atoms with Crippen LogP contribution in [-0.4, -0.2) is 18.2 Å². The Morgan fingerprint density at radius 2 is 1.50 bits per heavy atom. The van der Waals surface area contributed by atoms with E-state index in [4.69, 9.17) is 0 Å². The first-order valence-electron chi connectivity index (χ1n) is 6.59. The second-order valence-electron chi connectivity index (χ2n) is 4.64. The van der Waals surface area contributed by atoms with Crippen LogP contribution in [0.2, 0.25) is 0 Å². The number of nitrogens with one attached hydrogen (secondary N) is 1. The molecule has 0 fully saturated rings. The lowest BCUT2D eigenvalue weighted by molar-refractivity contribution is -0.122. The number of hydrogen-bond acceptors (Lipinski definition) is 2. The molecule has 102 valence electrons. The van der Waals surface area contributed by atoms with Gasteiger partial charge in [-0.2, -0.15) is 0 Å². The van der Waals surface area contributed by atoms with E-state index in [1.807, 2.05) is 55.5 Å². The molecule has 0 aliphatic carbocycles. The number of Topliss-reactive ketones (excluding diaryl/α,β-unsaturated/α-hetero) is 1. The van der Waals surface area contributed by atoms with Crippen LogP contribution in [0.5, 0.6) is 0 Å². The third kappa shape index (κ3) is 3.54. The Labute approximate surface area is 118 Å². The Morgan fingerprint density at radius 1 is 0.950 bits per heavy atom. The molecule has 2 aromatic rings. The van der Waals surface area contributed by atoms with Gasteiger partial charge in [0.15, 0.2) is 5.78 Å². The zero-order valence-electron chi connectivity index (χ0n) is 11.4. The van der Waals surface area contributed by atoms with Crippen LogP contribution in [0.1, 0.15) is 28.8 Å². The molecule has 20 heavy (non-hydrogen) atoms. The molecule has 3 heteroatoms. The van der Waals surface area contributed by atoms with Crippen LogP contribution >= 0.6 is 0 Å². The molecule has 1 unspecified atom stereocenters. The lowest BCUT2D eigenvalue weighted by Gasteiger charge is -2.12. The van der Waals surface area contributed by atoms with Gasteiger partial charge in [0, 0.05) is 5.56 Å². The smallest absolute Gasteiger partial charge is 0.227 e. The van der Waals surface area contributed by atoms with Crippen molar-refractivity contribution >= 4 is 11.7 Å². The fraction of sp³-hybridized carbons (Fsp3) is 0.176. The summed E-state index contributed by atoms with van der Waals surface area (Å²) in [5.74, 6) is -0.487. The van der Waals surface area contributed by atoms with E-state index in [-0.39, 0.29) is 24.2 Å². The van der Waals surface area contributed by atoms with Gasteiger partial charge in [0.1, 0.15) is 0 Å². The summed E-state index contributed by atoms with van der Waals surface area (Å²) in [5, 5.41) is 2.69. The predicted octanol–water partition coefficient (Wildman–Crippen LogP) is 2.79.